The molecule has 0 radical (unpaired) electrons. The van der Waals surface area contributed by atoms with Crippen LogP contribution in [0.25, 0.3) is 0 Å². The number of benzene rings is 1. The van der Waals surface area contributed by atoms with Gasteiger partial charge in [0.1, 0.15) is 0 Å². The Morgan fingerprint density at radius 2 is 1.95 bits per heavy atom. The van der Waals surface area contributed by atoms with E-state index >= 15 is 0 Å². The molecule has 1 aliphatic rings. The molecule has 1 aromatic rings. The van der Waals surface area contributed by atoms with Crippen LogP contribution in [0.1, 0.15) is 36.8 Å². The molecule has 1 fully saturated rings. The number of rotatable bonds is 4. The van der Waals surface area contributed by atoms with Crippen LogP contribution in [0.4, 0.5) is 10.5 Å². The summed E-state index contributed by atoms with van der Waals surface area (Å²) in [5.74, 6) is 0.125. The van der Waals surface area contributed by atoms with Gasteiger partial charge in [-0.2, -0.15) is 0 Å². The summed E-state index contributed by atoms with van der Waals surface area (Å²) in [5.41, 5.74) is 2.86. The maximum atomic E-state index is 11.8. The first-order valence-electron chi connectivity index (χ1n) is 7.34. The molecule has 1 aromatic carbocycles. The van der Waals surface area contributed by atoms with E-state index in [-0.39, 0.29) is 5.91 Å². The molecule has 3 amide bonds. The summed E-state index contributed by atoms with van der Waals surface area (Å²) in [6, 6.07) is 5.31. The van der Waals surface area contributed by atoms with Crippen LogP contribution in [0.15, 0.2) is 18.2 Å². The molecule has 0 aliphatic heterocycles. The van der Waals surface area contributed by atoms with E-state index in [0.717, 1.165) is 16.8 Å². The van der Waals surface area contributed by atoms with Crippen LogP contribution in [-0.4, -0.2) is 22.9 Å². The number of nitrogens with one attached hydrogen (secondary N) is 2. The number of urea groups is 1. The summed E-state index contributed by atoms with van der Waals surface area (Å²) in [6.45, 7) is 3.93. The third-order valence-electron chi connectivity index (χ3n) is 3.64. The lowest BCUT2D eigenvalue weighted by Crippen LogP contribution is -2.36. The highest BCUT2D eigenvalue weighted by molar-refractivity contribution is 8.00. The fourth-order valence-corrected chi connectivity index (χ4v) is 3.64. The number of imide groups is 1. The standard InChI is InChI=1S/C16H22N2O2S/c1-11-7-8-14(12(2)9-11)17-16(20)18-15(19)10-21-13-5-3-4-6-13/h7-9,13H,3-6,10H2,1-2H3,(H2,17,18,19,20). The normalized spacial score (nSPS) is 15.0. The first-order valence-corrected chi connectivity index (χ1v) is 8.39. The number of thioether (sulfide) groups is 1. The van der Waals surface area contributed by atoms with Crippen LogP contribution in [-0.2, 0) is 4.79 Å². The van der Waals surface area contributed by atoms with Crippen molar-refractivity contribution in [3.63, 3.8) is 0 Å². The van der Waals surface area contributed by atoms with E-state index in [1.54, 1.807) is 11.8 Å². The molecule has 0 bridgehead atoms. The minimum absolute atomic E-state index is 0.228. The van der Waals surface area contributed by atoms with Crippen molar-refractivity contribution >= 4 is 29.4 Å². The molecule has 1 saturated carbocycles. The van der Waals surface area contributed by atoms with Crippen LogP contribution in [0, 0.1) is 13.8 Å². The Hall–Kier alpha value is -1.49. The second kappa shape index (κ2) is 7.50. The Balaban J connectivity index is 1.76. The van der Waals surface area contributed by atoms with Gasteiger partial charge in [0.15, 0.2) is 0 Å². The van der Waals surface area contributed by atoms with Gasteiger partial charge >= 0.3 is 6.03 Å². The van der Waals surface area contributed by atoms with Crippen molar-refractivity contribution in [2.75, 3.05) is 11.1 Å². The van der Waals surface area contributed by atoms with E-state index in [1.165, 1.54) is 25.7 Å². The second-order valence-corrected chi connectivity index (χ2v) is 6.83. The molecule has 1 aliphatic carbocycles. The summed E-state index contributed by atoms with van der Waals surface area (Å²) in [7, 11) is 0. The molecular weight excluding hydrogens is 284 g/mol. The Morgan fingerprint density at radius 1 is 1.24 bits per heavy atom. The van der Waals surface area contributed by atoms with Gasteiger partial charge in [-0.1, -0.05) is 30.5 Å². The maximum absolute atomic E-state index is 11.8. The van der Waals surface area contributed by atoms with Crippen molar-refractivity contribution in [2.24, 2.45) is 0 Å². The number of amides is 3. The molecule has 2 N–H and O–H groups in total. The van der Waals surface area contributed by atoms with Gasteiger partial charge in [-0.15, -0.1) is 11.8 Å². The van der Waals surface area contributed by atoms with E-state index < -0.39 is 6.03 Å². The van der Waals surface area contributed by atoms with Gasteiger partial charge in [0.2, 0.25) is 5.91 Å². The number of carbonyl (C=O) groups is 2. The van der Waals surface area contributed by atoms with E-state index in [0.29, 0.717) is 11.0 Å². The van der Waals surface area contributed by atoms with E-state index in [2.05, 4.69) is 10.6 Å². The molecule has 2 rings (SSSR count). The number of carbonyl (C=O) groups excluding carboxylic acids is 2. The molecule has 0 aromatic heterocycles. The van der Waals surface area contributed by atoms with Gasteiger partial charge in [0.05, 0.1) is 5.75 Å². The highest BCUT2D eigenvalue weighted by Crippen LogP contribution is 2.29. The zero-order valence-electron chi connectivity index (χ0n) is 12.6. The first kappa shape index (κ1) is 15.9. The van der Waals surface area contributed by atoms with Crippen LogP contribution >= 0.6 is 11.8 Å². The molecule has 0 spiro atoms. The van der Waals surface area contributed by atoms with Crippen LogP contribution in [0.2, 0.25) is 0 Å². The molecule has 0 heterocycles. The largest absolute Gasteiger partial charge is 0.325 e. The third-order valence-corrected chi connectivity index (χ3v) is 5.01. The average Bonchev–Trinajstić information content (AvgIpc) is 2.93. The Bertz CT molecular complexity index is 525. The van der Waals surface area contributed by atoms with Gasteiger partial charge in [-0.05, 0) is 38.3 Å². The zero-order chi connectivity index (χ0) is 15.2. The van der Waals surface area contributed by atoms with E-state index in [1.807, 2.05) is 32.0 Å². The Labute approximate surface area is 130 Å². The van der Waals surface area contributed by atoms with Gasteiger partial charge in [0.25, 0.3) is 0 Å². The number of anilines is 1. The van der Waals surface area contributed by atoms with Gasteiger partial charge in [-0.25, -0.2) is 4.79 Å². The maximum Gasteiger partial charge on any atom is 0.325 e. The van der Waals surface area contributed by atoms with E-state index in [4.69, 9.17) is 0 Å². The summed E-state index contributed by atoms with van der Waals surface area (Å²) in [5, 5.41) is 5.68. The predicted molar refractivity (Wildman–Crippen MR) is 87.8 cm³/mol. The molecule has 0 saturated heterocycles. The molecule has 0 atom stereocenters. The first-order chi connectivity index (χ1) is 10.0. The molecule has 114 valence electrons. The van der Waals surface area contributed by atoms with Crippen LogP contribution in [0.3, 0.4) is 0 Å². The highest BCUT2D eigenvalue weighted by Gasteiger charge is 2.17. The van der Waals surface area contributed by atoms with Crippen molar-refractivity contribution in [3.05, 3.63) is 29.3 Å². The van der Waals surface area contributed by atoms with Gasteiger partial charge < -0.3 is 5.32 Å². The molecule has 21 heavy (non-hydrogen) atoms. The number of hydrogen-bond donors (Lipinski definition) is 2. The molecule has 4 nitrogen and oxygen atoms in total. The number of aryl methyl sites for hydroxylation is 2. The second-order valence-electron chi connectivity index (χ2n) is 5.54. The van der Waals surface area contributed by atoms with Crippen molar-refractivity contribution in [1.82, 2.24) is 5.32 Å². The third kappa shape index (κ3) is 5.08. The predicted octanol–water partition coefficient (Wildman–Crippen LogP) is 3.63. The van der Waals surface area contributed by atoms with E-state index in [9.17, 15) is 9.59 Å². The minimum atomic E-state index is -0.459. The number of hydrogen-bond acceptors (Lipinski definition) is 3. The Kier molecular flexibility index (Phi) is 5.67. The Morgan fingerprint density at radius 3 is 2.62 bits per heavy atom. The average molecular weight is 306 g/mol. The van der Waals surface area contributed by atoms with Crippen molar-refractivity contribution in [3.8, 4) is 0 Å². The van der Waals surface area contributed by atoms with Gasteiger partial charge in [-0.3, -0.25) is 10.1 Å². The summed E-state index contributed by atoms with van der Waals surface area (Å²) in [6.07, 6.45) is 4.89. The summed E-state index contributed by atoms with van der Waals surface area (Å²) < 4.78 is 0. The fourth-order valence-electron chi connectivity index (χ4n) is 2.52. The molecule has 5 heteroatoms. The fraction of sp³-hybridized carbons (Fsp3) is 0.500. The van der Waals surface area contributed by atoms with Crippen molar-refractivity contribution in [2.45, 2.75) is 44.8 Å². The zero-order valence-corrected chi connectivity index (χ0v) is 13.4. The quantitative estimate of drug-likeness (QED) is 0.893. The smallest absolute Gasteiger partial charge is 0.307 e. The monoisotopic (exact) mass is 306 g/mol. The molecular formula is C16H22N2O2S. The molecule has 0 unspecified atom stereocenters. The van der Waals surface area contributed by atoms with Crippen molar-refractivity contribution < 1.29 is 9.59 Å². The lowest BCUT2D eigenvalue weighted by Gasteiger charge is -2.11. The van der Waals surface area contributed by atoms with Crippen LogP contribution < -0.4 is 10.6 Å². The van der Waals surface area contributed by atoms with Gasteiger partial charge in [0, 0.05) is 10.9 Å². The summed E-state index contributed by atoms with van der Waals surface area (Å²) >= 11 is 1.65. The lowest BCUT2D eigenvalue weighted by atomic mass is 10.1. The minimum Gasteiger partial charge on any atom is -0.307 e. The highest BCUT2D eigenvalue weighted by atomic mass is 32.2. The lowest BCUT2D eigenvalue weighted by molar-refractivity contribution is -0.117. The topological polar surface area (TPSA) is 58.2 Å². The van der Waals surface area contributed by atoms with Crippen LogP contribution in [0.5, 0.6) is 0 Å². The van der Waals surface area contributed by atoms with Crippen molar-refractivity contribution in [1.29, 1.82) is 0 Å². The SMILES string of the molecule is Cc1ccc(NC(=O)NC(=O)CSC2CCCC2)c(C)c1. The summed E-state index contributed by atoms with van der Waals surface area (Å²) in [4.78, 5) is 23.6.